The van der Waals surface area contributed by atoms with Crippen molar-refractivity contribution in [1.29, 1.82) is 0 Å². The van der Waals surface area contributed by atoms with Gasteiger partial charge in [-0.25, -0.2) is 0 Å². The molecule has 0 saturated heterocycles. The highest BCUT2D eigenvalue weighted by Crippen LogP contribution is 2.25. The molecule has 0 amide bonds. The van der Waals surface area contributed by atoms with E-state index in [2.05, 4.69) is 13.8 Å². The molecule has 0 bridgehead atoms. The standard InChI is InChI=1S/C10H20O2/c1-7-3-5-10(12)8(2)4-6-9(7)11/h7-12H,3-6H2,1-2H3/t7-,8-,9-,10+/m1/s1. The van der Waals surface area contributed by atoms with Gasteiger partial charge in [0.25, 0.3) is 0 Å². The van der Waals surface area contributed by atoms with E-state index in [1.54, 1.807) is 0 Å². The zero-order valence-electron chi connectivity index (χ0n) is 8.03. The summed E-state index contributed by atoms with van der Waals surface area (Å²) in [6.45, 7) is 4.13. The third kappa shape index (κ3) is 2.46. The molecular weight excluding hydrogens is 152 g/mol. The molecule has 4 atom stereocenters. The Morgan fingerprint density at radius 3 is 1.42 bits per heavy atom. The molecule has 12 heavy (non-hydrogen) atoms. The summed E-state index contributed by atoms with van der Waals surface area (Å²) in [7, 11) is 0. The summed E-state index contributed by atoms with van der Waals surface area (Å²) in [4.78, 5) is 0. The van der Waals surface area contributed by atoms with Crippen LogP contribution in [0.2, 0.25) is 0 Å². The van der Waals surface area contributed by atoms with E-state index in [1.807, 2.05) is 0 Å². The Hall–Kier alpha value is -0.0800. The summed E-state index contributed by atoms with van der Waals surface area (Å²) in [5, 5.41) is 19.2. The van der Waals surface area contributed by atoms with E-state index in [0.29, 0.717) is 11.8 Å². The van der Waals surface area contributed by atoms with Crippen molar-refractivity contribution in [3.8, 4) is 0 Å². The molecule has 1 saturated carbocycles. The van der Waals surface area contributed by atoms with Gasteiger partial charge in [-0.05, 0) is 37.5 Å². The maximum Gasteiger partial charge on any atom is 0.0565 e. The quantitative estimate of drug-likeness (QED) is 0.582. The van der Waals surface area contributed by atoms with E-state index in [0.717, 1.165) is 25.7 Å². The lowest BCUT2D eigenvalue weighted by Gasteiger charge is -2.28. The molecule has 1 rings (SSSR count). The monoisotopic (exact) mass is 172 g/mol. The Morgan fingerprint density at radius 1 is 0.750 bits per heavy atom. The minimum absolute atomic E-state index is 0.153. The van der Waals surface area contributed by atoms with E-state index in [4.69, 9.17) is 0 Å². The van der Waals surface area contributed by atoms with Gasteiger partial charge in [-0.2, -0.15) is 0 Å². The van der Waals surface area contributed by atoms with E-state index >= 15 is 0 Å². The van der Waals surface area contributed by atoms with Crippen molar-refractivity contribution in [2.75, 3.05) is 0 Å². The van der Waals surface area contributed by atoms with Crippen LogP contribution in [-0.2, 0) is 0 Å². The molecule has 0 aliphatic heterocycles. The van der Waals surface area contributed by atoms with Crippen molar-refractivity contribution < 1.29 is 10.2 Å². The predicted molar refractivity (Wildman–Crippen MR) is 48.8 cm³/mol. The van der Waals surface area contributed by atoms with Gasteiger partial charge < -0.3 is 10.2 Å². The van der Waals surface area contributed by atoms with E-state index in [9.17, 15) is 10.2 Å². The SMILES string of the molecule is C[C@@H]1CC[C@H](O)[C@H](C)CC[C@H]1O. The minimum atomic E-state index is -0.153. The van der Waals surface area contributed by atoms with Crippen molar-refractivity contribution in [2.24, 2.45) is 11.8 Å². The number of hydrogen-bond acceptors (Lipinski definition) is 2. The first-order valence-electron chi connectivity index (χ1n) is 4.97. The molecule has 2 heteroatoms. The molecule has 0 aromatic carbocycles. The lowest BCUT2D eigenvalue weighted by molar-refractivity contribution is 0.0348. The Kier molecular flexibility index (Phi) is 3.53. The van der Waals surface area contributed by atoms with Gasteiger partial charge in [-0.1, -0.05) is 13.8 Å². The molecule has 1 fully saturated rings. The zero-order valence-corrected chi connectivity index (χ0v) is 8.03. The fourth-order valence-corrected chi connectivity index (χ4v) is 1.82. The molecule has 0 aromatic rings. The summed E-state index contributed by atoms with van der Waals surface area (Å²) < 4.78 is 0. The van der Waals surface area contributed by atoms with Crippen LogP contribution in [0.1, 0.15) is 39.5 Å². The van der Waals surface area contributed by atoms with Gasteiger partial charge in [0, 0.05) is 0 Å². The summed E-state index contributed by atoms with van der Waals surface area (Å²) in [6.07, 6.45) is 3.29. The third-order valence-electron chi connectivity index (χ3n) is 3.15. The highest BCUT2D eigenvalue weighted by Gasteiger charge is 2.23. The zero-order chi connectivity index (χ0) is 9.14. The highest BCUT2D eigenvalue weighted by molar-refractivity contribution is 4.75. The Morgan fingerprint density at radius 2 is 1.08 bits per heavy atom. The van der Waals surface area contributed by atoms with Crippen LogP contribution in [0.3, 0.4) is 0 Å². The Bertz CT molecular complexity index is 104. The normalized spacial score (nSPS) is 45.0. The van der Waals surface area contributed by atoms with Crippen LogP contribution in [0.5, 0.6) is 0 Å². The van der Waals surface area contributed by atoms with Gasteiger partial charge in [0.2, 0.25) is 0 Å². The number of hydrogen-bond donors (Lipinski definition) is 2. The summed E-state index contributed by atoms with van der Waals surface area (Å²) >= 11 is 0. The van der Waals surface area contributed by atoms with Gasteiger partial charge in [0.1, 0.15) is 0 Å². The minimum Gasteiger partial charge on any atom is -0.393 e. The van der Waals surface area contributed by atoms with E-state index in [1.165, 1.54) is 0 Å². The Balaban J connectivity index is 2.45. The van der Waals surface area contributed by atoms with Crippen LogP contribution in [-0.4, -0.2) is 22.4 Å². The lowest BCUT2D eigenvalue weighted by Crippen LogP contribution is -2.27. The largest absolute Gasteiger partial charge is 0.393 e. The van der Waals surface area contributed by atoms with Crippen molar-refractivity contribution >= 4 is 0 Å². The summed E-state index contributed by atoms with van der Waals surface area (Å²) in [5.41, 5.74) is 0. The molecular formula is C10H20O2. The first-order valence-corrected chi connectivity index (χ1v) is 4.97. The fraction of sp³-hybridized carbons (Fsp3) is 1.00. The molecule has 0 radical (unpaired) electrons. The molecule has 1 aliphatic carbocycles. The molecule has 0 aromatic heterocycles. The first kappa shape index (κ1) is 10.0. The average molecular weight is 172 g/mol. The van der Waals surface area contributed by atoms with Crippen LogP contribution in [0.4, 0.5) is 0 Å². The maximum atomic E-state index is 9.61. The van der Waals surface area contributed by atoms with Crippen molar-refractivity contribution in [3.63, 3.8) is 0 Å². The topological polar surface area (TPSA) is 40.5 Å². The predicted octanol–water partition coefficient (Wildman–Crippen LogP) is 1.55. The lowest BCUT2D eigenvalue weighted by atomic mass is 9.84. The average Bonchev–Trinajstić information content (AvgIpc) is 2.07. The van der Waals surface area contributed by atoms with Crippen molar-refractivity contribution in [3.05, 3.63) is 0 Å². The van der Waals surface area contributed by atoms with Gasteiger partial charge in [0.05, 0.1) is 12.2 Å². The number of aliphatic hydroxyl groups is 2. The summed E-state index contributed by atoms with van der Waals surface area (Å²) in [5.74, 6) is 0.708. The first-order chi connectivity index (χ1) is 5.61. The molecule has 1 aliphatic rings. The van der Waals surface area contributed by atoms with Crippen molar-refractivity contribution in [1.82, 2.24) is 0 Å². The van der Waals surface area contributed by atoms with Gasteiger partial charge in [-0.3, -0.25) is 0 Å². The molecule has 0 heterocycles. The summed E-state index contributed by atoms with van der Waals surface area (Å²) in [6, 6.07) is 0. The van der Waals surface area contributed by atoms with Gasteiger partial charge >= 0.3 is 0 Å². The molecule has 0 spiro atoms. The maximum absolute atomic E-state index is 9.61. The molecule has 0 unspecified atom stereocenters. The van der Waals surface area contributed by atoms with Gasteiger partial charge in [-0.15, -0.1) is 0 Å². The number of aliphatic hydroxyl groups excluding tert-OH is 2. The van der Waals surface area contributed by atoms with Crippen LogP contribution in [0.15, 0.2) is 0 Å². The molecule has 2 nitrogen and oxygen atoms in total. The van der Waals surface area contributed by atoms with Crippen LogP contribution >= 0.6 is 0 Å². The smallest absolute Gasteiger partial charge is 0.0565 e. The van der Waals surface area contributed by atoms with Crippen molar-refractivity contribution in [2.45, 2.75) is 51.7 Å². The second-order valence-electron chi connectivity index (χ2n) is 4.24. The van der Waals surface area contributed by atoms with E-state index in [-0.39, 0.29) is 12.2 Å². The van der Waals surface area contributed by atoms with E-state index < -0.39 is 0 Å². The van der Waals surface area contributed by atoms with Crippen LogP contribution in [0.25, 0.3) is 0 Å². The van der Waals surface area contributed by atoms with Crippen LogP contribution < -0.4 is 0 Å². The van der Waals surface area contributed by atoms with Crippen LogP contribution in [0, 0.1) is 11.8 Å². The fourth-order valence-electron chi connectivity index (χ4n) is 1.82. The molecule has 72 valence electrons. The highest BCUT2D eigenvalue weighted by atomic mass is 16.3. The van der Waals surface area contributed by atoms with Gasteiger partial charge in [0.15, 0.2) is 0 Å². The third-order valence-corrected chi connectivity index (χ3v) is 3.15. The second-order valence-corrected chi connectivity index (χ2v) is 4.24. The second kappa shape index (κ2) is 4.24. The Labute approximate surface area is 74.6 Å². The molecule has 2 N–H and O–H groups in total. The number of rotatable bonds is 0.